The average molecular weight is 501 g/mol. The van der Waals surface area contributed by atoms with Gasteiger partial charge in [0.25, 0.3) is 5.91 Å². The minimum atomic E-state index is -4.50. The second-order valence-corrected chi connectivity index (χ2v) is 9.63. The number of nitrogens with zero attached hydrogens (tertiary/aromatic N) is 2. The second kappa shape index (κ2) is 9.34. The quantitative estimate of drug-likeness (QED) is 0.409. The summed E-state index contributed by atoms with van der Waals surface area (Å²) in [6, 6.07) is 13.3. The summed E-state index contributed by atoms with van der Waals surface area (Å²) in [6.45, 7) is 0.154. The van der Waals surface area contributed by atoms with E-state index in [1.54, 1.807) is 24.5 Å². The van der Waals surface area contributed by atoms with Crippen LogP contribution in [0.1, 0.15) is 21.6 Å². The van der Waals surface area contributed by atoms with Crippen LogP contribution in [0.15, 0.2) is 82.4 Å². The highest BCUT2D eigenvalue weighted by Crippen LogP contribution is 2.33. The predicted molar refractivity (Wildman–Crippen MR) is 121 cm³/mol. The zero-order valence-corrected chi connectivity index (χ0v) is 19.0. The molecule has 2 aromatic heterocycles. The number of hydrogen-bond donors (Lipinski definition) is 1. The van der Waals surface area contributed by atoms with E-state index < -0.39 is 27.5 Å². The molecule has 1 N–H and O–H groups in total. The fraction of sp³-hybridized carbons (Fsp3) is 0.125. The smallest absolute Gasteiger partial charge is 0.416 e. The Morgan fingerprint density at radius 2 is 1.66 bits per heavy atom. The number of carbonyl (C=O) groups excluding carboxylic acids is 1. The molecule has 0 aliphatic rings. The van der Waals surface area contributed by atoms with Gasteiger partial charge in [0.2, 0.25) is 5.89 Å². The Balaban J connectivity index is 1.71. The molecule has 1 amide bonds. The van der Waals surface area contributed by atoms with Crippen LogP contribution in [0.3, 0.4) is 0 Å². The summed E-state index contributed by atoms with van der Waals surface area (Å²) in [5, 5.41) is 2.71. The van der Waals surface area contributed by atoms with E-state index in [9.17, 15) is 26.4 Å². The van der Waals surface area contributed by atoms with Crippen molar-refractivity contribution in [3.05, 3.63) is 89.9 Å². The summed E-state index contributed by atoms with van der Waals surface area (Å²) >= 11 is 0. The molecule has 0 atom stereocenters. The van der Waals surface area contributed by atoms with Crippen LogP contribution < -0.4 is 5.32 Å². The lowest BCUT2D eigenvalue weighted by molar-refractivity contribution is -0.137. The van der Waals surface area contributed by atoms with Crippen molar-refractivity contribution in [2.45, 2.75) is 17.6 Å². The lowest BCUT2D eigenvalue weighted by atomic mass is 10.1. The van der Waals surface area contributed by atoms with Gasteiger partial charge in [-0.2, -0.15) is 13.2 Å². The van der Waals surface area contributed by atoms with Gasteiger partial charge in [0.1, 0.15) is 0 Å². The molecule has 4 rings (SSSR count). The maximum absolute atomic E-state index is 13.0. The van der Waals surface area contributed by atoms with E-state index in [0.717, 1.165) is 24.0 Å². The molecule has 7 nitrogen and oxygen atoms in total. The molecular weight excluding hydrogens is 483 g/mol. The summed E-state index contributed by atoms with van der Waals surface area (Å²) in [7, 11) is -3.44. The molecule has 2 aromatic carbocycles. The summed E-state index contributed by atoms with van der Waals surface area (Å²) in [4.78, 5) is 21.3. The number of aromatic nitrogens is 2. The molecule has 0 spiro atoms. The number of alkyl halides is 3. The highest BCUT2D eigenvalue weighted by Gasteiger charge is 2.30. The number of pyridine rings is 1. The van der Waals surface area contributed by atoms with Crippen LogP contribution in [-0.4, -0.2) is 30.5 Å². The molecule has 0 bridgehead atoms. The average Bonchev–Trinajstić information content (AvgIpc) is 3.28. The molecule has 0 saturated heterocycles. The fourth-order valence-electron chi connectivity index (χ4n) is 3.22. The van der Waals surface area contributed by atoms with Gasteiger partial charge in [-0.1, -0.05) is 6.07 Å². The Kier molecular flexibility index (Phi) is 6.44. The van der Waals surface area contributed by atoms with Gasteiger partial charge in [-0.25, -0.2) is 13.4 Å². The first-order chi connectivity index (χ1) is 16.5. The van der Waals surface area contributed by atoms with Gasteiger partial charge in [0.15, 0.2) is 21.3 Å². The van der Waals surface area contributed by atoms with Crippen molar-refractivity contribution < 1.29 is 30.8 Å². The topological polar surface area (TPSA) is 102 Å². The van der Waals surface area contributed by atoms with Crippen LogP contribution in [0.2, 0.25) is 0 Å². The van der Waals surface area contributed by atoms with E-state index in [2.05, 4.69) is 15.3 Å². The van der Waals surface area contributed by atoms with Crippen molar-refractivity contribution in [2.24, 2.45) is 0 Å². The summed E-state index contributed by atoms with van der Waals surface area (Å²) in [6.07, 6.45) is -0.255. The molecule has 0 radical (unpaired) electrons. The van der Waals surface area contributed by atoms with Gasteiger partial charge < -0.3 is 9.73 Å². The molecule has 2 heterocycles. The van der Waals surface area contributed by atoms with Gasteiger partial charge in [-0.3, -0.25) is 9.78 Å². The van der Waals surface area contributed by atoms with E-state index in [4.69, 9.17) is 4.42 Å². The molecule has 180 valence electrons. The van der Waals surface area contributed by atoms with Gasteiger partial charge in [0.05, 0.1) is 10.5 Å². The van der Waals surface area contributed by atoms with Crippen molar-refractivity contribution in [3.8, 4) is 22.8 Å². The van der Waals surface area contributed by atoms with Crippen LogP contribution >= 0.6 is 0 Å². The molecule has 0 aliphatic carbocycles. The van der Waals surface area contributed by atoms with Gasteiger partial charge in [-0.05, 0) is 60.2 Å². The maximum Gasteiger partial charge on any atom is 0.416 e. The lowest BCUT2D eigenvalue weighted by Gasteiger charge is -2.06. The normalized spacial score (nSPS) is 11.9. The molecule has 0 saturated carbocycles. The molecule has 0 unspecified atom stereocenters. The van der Waals surface area contributed by atoms with E-state index in [1.165, 1.54) is 36.4 Å². The summed E-state index contributed by atoms with van der Waals surface area (Å²) in [5.41, 5.74) is 0.411. The Morgan fingerprint density at radius 1 is 1.00 bits per heavy atom. The summed E-state index contributed by atoms with van der Waals surface area (Å²) < 4.78 is 68.1. The third-order valence-corrected chi connectivity index (χ3v) is 6.15. The molecule has 0 aliphatic heterocycles. The number of oxazole rings is 1. The third-order valence-electron chi connectivity index (χ3n) is 5.02. The van der Waals surface area contributed by atoms with Gasteiger partial charge in [0, 0.05) is 36.3 Å². The van der Waals surface area contributed by atoms with Crippen molar-refractivity contribution in [1.82, 2.24) is 15.3 Å². The maximum atomic E-state index is 13.0. The molecular formula is C24H18F3N3O4S. The minimum absolute atomic E-state index is 0.0450. The Hall–Kier alpha value is -3.99. The monoisotopic (exact) mass is 501 g/mol. The van der Waals surface area contributed by atoms with Crippen molar-refractivity contribution in [3.63, 3.8) is 0 Å². The fourth-order valence-corrected chi connectivity index (χ4v) is 3.85. The van der Waals surface area contributed by atoms with E-state index in [-0.39, 0.29) is 34.3 Å². The first kappa shape index (κ1) is 24.1. The third kappa shape index (κ3) is 5.57. The highest BCUT2D eigenvalue weighted by molar-refractivity contribution is 7.90. The number of amides is 1. The number of hydrogen-bond acceptors (Lipinski definition) is 6. The minimum Gasteiger partial charge on any atom is -0.435 e. The number of nitrogens with one attached hydrogen (secondary N) is 1. The molecule has 0 fully saturated rings. The van der Waals surface area contributed by atoms with Crippen LogP contribution in [0, 0.1) is 0 Å². The van der Waals surface area contributed by atoms with E-state index in [0.29, 0.717) is 5.56 Å². The zero-order chi connectivity index (χ0) is 25.2. The SMILES string of the molecule is CS(=O)(=O)c1ccc(-c2oc(-c3ccc(C(F)(F)F)cc3)nc2C(=O)NCc2cccnc2)cc1. The molecule has 35 heavy (non-hydrogen) atoms. The van der Waals surface area contributed by atoms with Crippen LogP contribution in [-0.2, 0) is 22.6 Å². The van der Waals surface area contributed by atoms with Crippen LogP contribution in [0.4, 0.5) is 13.2 Å². The Bertz CT molecular complexity index is 1450. The number of benzene rings is 2. The van der Waals surface area contributed by atoms with Crippen LogP contribution in [0.25, 0.3) is 22.8 Å². The molecule has 11 heteroatoms. The van der Waals surface area contributed by atoms with Crippen LogP contribution in [0.5, 0.6) is 0 Å². The predicted octanol–water partition coefficient (Wildman–Crippen LogP) is 4.76. The second-order valence-electron chi connectivity index (χ2n) is 7.61. The number of halogens is 3. The lowest BCUT2D eigenvalue weighted by Crippen LogP contribution is -2.23. The van der Waals surface area contributed by atoms with Gasteiger partial charge in [-0.15, -0.1) is 0 Å². The van der Waals surface area contributed by atoms with E-state index in [1.807, 2.05) is 0 Å². The van der Waals surface area contributed by atoms with E-state index >= 15 is 0 Å². The van der Waals surface area contributed by atoms with Crippen molar-refractivity contribution in [1.29, 1.82) is 0 Å². The standard InChI is InChI=1S/C24H18F3N3O4S/c1-35(32,33)19-10-6-16(7-11-19)21-20(22(31)29-14-15-3-2-12-28-13-15)30-23(34-21)17-4-8-18(9-5-17)24(25,26)27/h2-13H,14H2,1H3,(H,29,31). The first-order valence-electron chi connectivity index (χ1n) is 10.2. The largest absolute Gasteiger partial charge is 0.435 e. The zero-order valence-electron chi connectivity index (χ0n) is 18.2. The molecule has 4 aromatic rings. The van der Waals surface area contributed by atoms with Crippen molar-refractivity contribution in [2.75, 3.05) is 6.26 Å². The number of rotatable bonds is 6. The van der Waals surface area contributed by atoms with Crippen molar-refractivity contribution >= 4 is 15.7 Å². The van der Waals surface area contributed by atoms with Gasteiger partial charge >= 0.3 is 6.18 Å². The Labute approximate surface area is 198 Å². The Morgan fingerprint density at radius 3 is 2.23 bits per heavy atom. The number of sulfone groups is 1. The first-order valence-corrected chi connectivity index (χ1v) is 12.1. The summed E-state index contributed by atoms with van der Waals surface area (Å²) in [5.74, 6) is -0.603. The number of carbonyl (C=O) groups is 1. The highest BCUT2D eigenvalue weighted by atomic mass is 32.2.